The number of unbranched alkanes of at least 4 members (excludes halogenated alkanes) is 2. The predicted octanol–water partition coefficient (Wildman–Crippen LogP) is 13.4. The molecule has 0 saturated heterocycles. The van der Waals surface area contributed by atoms with Crippen molar-refractivity contribution in [3.05, 3.63) is 116 Å². The first kappa shape index (κ1) is 32.1. The molecule has 0 N–H and O–H groups in total. The minimum atomic E-state index is 0.806. The van der Waals surface area contributed by atoms with E-state index in [1.807, 2.05) is 0 Å². The zero-order chi connectivity index (χ0) is 32.8. The van der Waals surface area contributed by atoms with Crippen molar-refractivity contribution in [1.29, 1.82) is 0 Å². The smallest absolute Gasteiger partial charge is 0.0535 e. The van der Waals surface area contributed by atoms with Crippen LogP contribution in [0, 0.1) is 11.8 Å². The Morgan fingerprint density at radius 1 is 0.562 bits per heavy atom. The molecule has 2 unspecified atom stereocenters. The average Bonchev–Trinajstić information content (AvgIpc) is 3.61. The Bertz CT molecular complexity index is 1930. The van der Waals surface area contributed by atoms with Gasteiger partial charge in [-0.1, -0.05) is 108 Å². The van der Waals surface area contributed by atoms with Crippen LogP contribution in [0.2, 0.25) is 0 Å². The lowest BCUT2D eigenvalue weighted by Gasteiger charge is -2.24. The van der Waals surface area contributed by atoms with Gasteiger partial charge in [0.15, 0.2) is 0 Å². The summed E-state index contributed by atoms with van der Waals surface area (Å²) in [4.78, 5) is 0. The van der Waals surface area contributed by atoms with Gasteiger partial charge in [0, 0.05) is 42.5 Å². The van der Waals surface area contributed by atoms with Crippen LogP contribution in [0.15, 0.2) is 93.9 Å². The maximum absolute atomic E-state index is 3.77. The molecule has 0 spiro atoms. The minimum absolute atomic E-state index is 0.806. The highest BCUT2D eigenvalue weighted by molar-refractivity contribution is 9.10. The molecule has 0 saturated carbocycles. The first-order chi connectivity index (χ1) is 23.5. The van der Waals surface area contributed by atoms with Crippen molar-refractivity contribution in [1.82, 2.24) is 9.13 Å². The van der Waals surface area contributed by atoms with Gasteiger partial charge in [-0.25, -0.2) is 0 Å². The van der Waals surface area contributed by atoms with E-state index in [4.69, 9.17) is 0 Å². The second-order valence-corrected chi connectivity index (χ2v) is 16.3. The molecule has 4 heteroatoms. The predicted molar refractivity (Wildman–Crippen MR) is 211 cm³/mol. The Morgan fingerprint density at radius 2 is 0.979 bits per heavy atom. The third-order valence-corrected chi connectivity index (χ3v) is 12.4. The lowest BCUT2D eigenvalue weighted by molar-refractivity contribution is 0.410. The summed E-state index contributed by atoms with van der Waals surface area (Å²) in [7, 11) is 0. The van der Waals surface area contributed by atoms with Crippen LogP contribution < -0.4 is 0 Å². The van der Waals surface area contributed by atoms with Gasteiger partial charge in [0.2, 0.25) is 0 Å². The fourth-order valence-electron chi connectivity index (χ4n) is 8.88. The van der Waals surface area contributed by atoms with Crippen molar-refractivity contribution in [3.8, 4) is 22.5 Å². The molecule has 0 radical (unpaired) electrons. The number of halogens is 2. The van der Waals surface area contributed by atoms with Crippen molar-refractivity contribution < 1.29 is 0 Å². The molecule has 2 aliphatic carbocycles. The van der Waals surface area contributed by atoms with E-state index in [0.29, 0.717) is 0 Å². The molecule has 2 heterocycles. The molecule has 0 bridgehead atoms. The van der Waals surface area contributed by atoms with Crippen LogP contribution in [0.1, 0.15) is 87.7 Å². The molecular weight excluding hydrogens is 716 g/mol. The van der Waals surface area contributed by atoms with Crippen LogP contribution in [0.3, 0.4) is 0 Å². The highest BCUT2D eigenvalue weighted by Gasteiger charge is 2.27. The van der Waals surface area contributed by atoms with E-state index >= 15 is 0 Å². The first-order valence-corrected chi connectivity index (χ1v) is 20.0. The number of nitrogens with zero attached hydrogens (tertiary/aromatic N) is 2. The largest absolute Gasteiger partial charge is 0.313 e. The monoisotopic (exact) mass is 760 g/mol. The normalized spacial score (nSPS) is 17.6. The molecule has 2 aromatic heterocycles. The molecule has 246 valence electrons. The summed E-state index contributed by atoms with van der Waals surface area (Å²) in [5.74, 6) is 1.61. The minimum Gasteiger partial charge on any atom is -0.313 e. The summed E-state index contributed by atoms with van der Waals surface area (Å²) in [6.45, 7) is 4.63. The quantitative estimate of drug-likeness (QED) is 0.139. The summed E-state index contributed by atoms with van der Waals surface area (Å²) in [5.41, 5.74) is 13.9. The summed E-state index contributed by atoms with van der Waals surface area (Å²) in [6, 6.07) is 32.3. The number of rotatable bonds is 9. The van der Waals surface area contributed by atoms with Crippen LogP contribution in [0.25, 0.3) is 44.3 Å². The summed E-state index contributed by atoms with van der Waals surface area (Å²) >= 11 is 7.53. The molecule has 4 aromatic carbocycles. The molecule has 0 amide bonds. The van der Waals surface area contributed by atoms with Gasteiger partial charge in [-0.05, 0) is 133 Å². The molecular formula is C44H46Br2N2. The summed E-state index contributed by atoms with van der Waals surface area (Å²) < 4.78 is 7.43. The molecule has 2 atom stereocenters. The second kappa shape index (κ2) is 13.7. The Kier molecular flexibility index (Phi) is 9.16. The van der Waals surface area contributed by atoms with Crippen molar-refractivity contribution in [2.24, 2.45) is 11.8 Å². The zero-order valence-corrected chi connectivity index (χ0v) is 31.5. The third-order valence-electron chi connectivity index (χ3n) is 11.4. The van der Waals surface area contributed by atoms with Crippen molar-refractivity contribution in [2.45, 2.75) is 90.9 Å². The number of benzene rings is 4. The van der Waals surface area contributed by atoms with Gasteiger partial charge in [0.25, 0.3) is 0 Å². The number of hydrogen-bond donors (Lipinski definition) is 0. The van der Waals surface area contributed by atoms with E-state index in [2.05, 4.69) is 140 Å². The Hall–Kier alpha value is -3.08. The molecule has 48 heavy (non-hydrogen) atoms. The Labute approximate surface area is 302 Å². The maximum atomic E-state index is 3.77. The highest BCUT2D eigenvalue weighted by atomic mass is 79.9. The summed E-state index contributed by atoms with van der Waals surface area (Å²) in [5, 5.41) is 2.84. The van der Waals surface area contributed by atoms with E-state index in [-0.39, 0.29) is 0 Å². The molecule has 8 rings (SSSR count). The van der Waals surface area contributed by atoms with Crippen LogP contribution in [0.5, 0.6) is 0 Å². The standard InChI is InChI=1S/C44H46Br2N2/c1-3-5-7-29-9-21-41-37(25-29)39-27-33(45)15-23-43(39)47(41)35-17-11-31(12-18-35)32-13-19-36(20-14-32)48-42-22-10-30(8-6-4-2)26-38(42)40-28-34(46)16-24-44(40)48/h11-20,23-24,27-30H,3-10,21-22,25-26H2,1-2H3. The van der Waals surface area contributed by atoms with Crippen molar-refractivity contribution in [2.75, 3.05) is 0 Å². The van der Waals surface area contributed by atoms with E-state index < -0.39 is 0 Å². The molecule has 0 fully saturated rings. The third kappa shape index (κ3) is 5.92. The number of aromatic nitrogens is 2. The first-order valence-electron chi connectivity index (χ1n) is 18.4. The van der Waals surface area contributed by atoms with E-state index in [1.165, 1.54) is 129 Å². The highest BCUT2D eigenvalue weighted by Crippen LogP contribution is 2.41. The molecule has 6 aromatic rings. The fraction of sp³-hybridized carbons (Fsp3) is 0.364. The number of hydrogen-bond acceptors (Lipinski definition) is 0. The zero-order valence-electron chi connectivity index (χ0n) is 28.4. The lowest BCUT2D eigenvalue weighted by atomic mass is 9.83. The van der Waals surface area contributed by atoms with Crippen LogP contribution >= 0.6 is 31.9 Å². The van der Waals surface area contributed by atoms with Gasteiger partial charge in [-0.2, -0.15) is 0 Å². The SMILES string of the molecule is CCCCC1CCc2c(c3cc(Br)ccc3n2-c2ccc(-c3ccc(-n4c5c(c6cc(Br)ccc64)CC(CCCC)CC5)cc3)cc2)C1. The molecule has 0 aliphatic heterocycles. The Morgan fingerprint density at radius 3 is 1.38 bits per heavy atom. The van der Waals surface area contributed by atoms with Gasteiger partial charge in [0.1, 0.15) is 0 Å². The van der Waals surface area contributed by atoms with Crippen molar-refractivity contribution in [3.63, 3.8) is 0 Å². The second-order valence-electron chi connectivity index (χ2n) is 14.4. The van der Waals surface area contributed by atoms with E-state index in [1.54, 1.807) is 11.1 Å². The van der Waals surface area contributed by atoms with Gasteiger partial charge < -0.3 is 9.13 Å². The maximum Gasteiger partial charge on any atom is 0.0535 e. The number of fused-ring (bicyclic) bond motifs is 6. The summed E-state index contributed by atoms with van der Waals surface area (Å²) in [6.07, 6.45) is 15.3. The van der Waals surface area contributed by atoms with Gasteiger partial charge in [-0.3, -0.25) is 0 Å². The van der Waals surface area contributed by atoms with E-state index in [0.717, 1.165) is 24.7 Å². The molecule has 2 nitrogen and oxygen atoms in total. The van der Waals surface area contributed by atoms with Gasteiger partial charge >= 0.3 is 0 Å². The Balaban J connectivity index is 1.10. The fourth-order valence-corrected chi connectivity index (χ4v) is 9.60. The van der Waals surface area contributed by atoms with Crippen LogP contribution in [-0.2, 0) is 25.7 Å². The van der Waals surface area contributed by atoms with E-state index in [9.17, 15) is 0 Å². The van der Waals surface area contributed by atoms with Gasteiger partial charge in [-0.15, -0.1) is 0 Å². The van der Waals surface area contributed by atoms with Gasteiger partial charge in [0.05, 0.1) is 11.0 Å². The average molecular weight is 763 g/mol. The van der Waals surface area contributed by atoms with Crippen LogP contribution in [0.4, 0.5) is 0 Å². The lowest BCUT2D eigenvalue weighted by Crippen LogP contribution is -2.15. The van der Waals surface area contributed by atoms with Crippen LogP contribution in [-0.4, -0.2) is 9.13 Å². The molecule has 2 aliphatic rings. The topological polar surface area (TPSA) is 9.86 Å². The van der Waals surface area contributed by atoms with Crippen molar-refractivity contribution >= 4 is 53.7 Å².